The predicted molar refractivity (Wildman–Crippen MR) is 112 cm³/mol. The highest BCUT2D eigenvalue weighted by molar-refractivity contribution is 5.91. The van der Waals surface area contributed by atoms with Crippen molar-refractivity contribution in [1.29, 1.82) is 0 Å². The van der Waals surface area contributed by atoms with Crippen LogP contribution in [0, 0.1) is 5.92 Å². The van der Waals surface area contributed by atoms with Crippen LogP contribution in [0.25, 0.3) is 0 Å². The molecule has 4 N–H and O–H groups in total. The number of piperidine rings is 1. The van der Waals surface area contributed by atoms with Gasteiger partial charge in [0.2, 0.25) is 11.8 Å². The molecule has 6 nitrogen and oxygen atoms in total. The van der Waals surface area contributed by atoms with Crippen molar-refractivity contribution in [3.8, 4) is 0 Å². The van der Waals surface area contributed by atoms with Gasteiger partial charge < -0.3 is 16.4 Å². The van der Waals surface area contributed by atoms with Gasteiger partial charge in [-0.2, -0.15) is 0 Å². The molecule has 2 heterocycles. The summed E-state index contributed by atoms with van der Waals surface area (Å²) in [6, 6.07) is 8.29. The van der Waals surface area contributed by atoms with Gasteiger partial charge in [0.05, 0.1) is 5.92 Å². The van der Waals surface area contributed by atoms with E-state index in [0.29, 0.717) is 12.5 Å². The average molecular weight is 417 g/mol. The lowest BCUT2D eigenvalue weighted by Gasteiger charge is -2.31. The molecule has 0 aromatic heterocycles. The minimum absolute atomic E-state index is 0. The zero-order valence-electron chi connectivity index (χ0n) is 15.5. The van der Waals surface area contributed by atoms with Crippen LogP contribution in [0.15, 0.2) is 24.3 Å². The molecule has 152 valence electrons. The zero-order chi connectivity index (χ0) is 17.6. The molecule has 2 amide bonds. The van der Waals surface area contributed by atoms with Gasteiger partial charge in [0.25, 0.3) is 0 Å². The fraction of sp³-hybridized carbons (Fsp3) is 0.579. The summed E-state index contributed by atoms with van der Waals surface area (Å²) in [7, 11) is 0. The van der Waals surface area contributed by atoms with Gasteiger partial charge >= 0.3 is 0 Å². The first-order chi connectivity index (χ1) is 12.1. The Balaban J connectivity index is 0.00000182. The molecule has 2 aliphatic rings. The first-order valence-corrected chi connectivity index (χ1v) is 9.24. The number of carbonyl (C=O) groups is 2. The van der Waals surface area contributed by atoms with Crippen molar-refractivity contribution in [2.45, 2.75) is 44.7 Å². The van der Waals surface area contributed by atoms with Gasteiger partial charge in [-0.3, -0.25) is 14.5 Å². The molecule has 0 saturated carbocycles. The summed E-state index contributed by atoms with van der Waals surface area (Å²) in [6.07, 6.45) is 4.67. The number of primary amides is 1. The third-order valence-corrected chi connectivity index (χ3v) is 5.15. The first kappa shape index (κ1) is 23.7. The van der Waals surface area contributed by atoms with Crippen molar-refractivity contribution in [1.82, 2.24) is 10.2 Å². The fourth-order valence-electron chi connectivity index (χ4n) is 3.75. The quantitative estimate of drug-likeness (QED) is 0.663. The Bertz CT molecular complexity index is 606. The maximum Gasteiger partial charge on any atom is 0.225 e. The Labute approximate surface area is 173 Å². The van der Waals surface area contributed by atoms with Crippen LogP contribution in [0.2, 0.25) is 0 Å². The molecule has 8 heteroatoms. The highest BCUT2D eigenvalue weighted by atomic mass is 35.5. The number of nitrogens with two attached hydrogens (primary N) is 1. The lowest BCUT2D eigenvalue weighted by molar-refractivity contribution is -0.123. The van der Waals surface area contributed by atoms with Crippen molar-refractivity contribution < 1.29 is 9.59 Å². The van der Waals surface area contributed by atoms with Crippen molar-refractivity contribution in [2.24, 2.45) is 11.7 Å². The second-order valence-electron chi connectivity index (χ2n) is 7.22. The third-order valence-electron chi connectivity index (χ3n) is 5.15. The molecule has 27 heavy (non-hydrogen) atoms. The highest BCUT2D eigenvalue weighted by Crippen LogP contribution is 2.19. The number of hydrogen-bond acceptors (Lipinski definition) is 4. The molecule has 2 aliphatic heterocycles. The summed E-state index contributed by atoms with van der Waals surface area (Å²) in [6.45, 7) is 3.56. The normalized spacial score (nSPS) is 22.4. The third kappa shape index (κ3) is 7.30. The van der Waals surface area contributed by atoms with Gasteiger partial charge in [-0.05, 0) is 56.5 Å². The number of likely N-dealkylation sites (tertiary alicyclic amines) is 1. The van der Waals surface area contributed by atoms with Gasteiger partial charge in [-0.15, -0.1) is 24.8 Å². The Kier molecular flexibility index (Phi) is 10.1. The summed E-state index contributed by atoms with van der Waals surface area (Å²) in [5.74, 6) is -0.163. The van der Waals surface area contributed by atoms with Crippen molar-refractivity contribution >= 4 is 42.3 Å². The Morgan fingerprint density at radius 1 is 1.15 bits per heavy atom. The largest absolute Gasteiger partial charge is 0.369 e. The van der Waals surface area contributed by atoms with Crippen LogP contribution < -0.4 is 16.4 Å². The number of carbonyl (C=O) groups excluding carboxylic acids is 2. The molecule has 0 radical (unpaired) electrons. The number of halogens is 2. The zero-order valence-corrected chi connectivity index (χ0v) is 17.1. The molecule has 0 aliphatic carbocycles. The number of rotatable bonds is 6. The predicted octanol–water partition coefficient (Wildman–Crippen LogP) is 2.31. The summed E-state index contributed by atoms with van der Waals surface area (Å²) >= 11 is 0. The standard InChI is InChI=1S/C19H28N4O2.2ClH/c20-19(25)15-3-2-10-23(13-15)12-14-5-7-16(8-6-14)22-18(24)11-17-4-1-9-21-17;;/h5-8,15,17,21H,1-4,9-13H2,(H2,20,25)(H,22,24);2*1H. The Hall–Kier alpha value is -1.34. The van der Waals surface area contributed by atoms with Crippen LogP contribution in [0.4, 0.5) is 5.69 Å². The van der Waals surface area contributed by atoms with Gasteiger partial charge in [0.15, 0.2) is 0 Å². The molecular weight excluding hydrogens is 387 g/mol. The van der Waals surface area contributed by atoms with Crippen molar-refractivity contribution in [3.63, 3.8) is 0 Å². The maximum atomic E-state index is 12.1. The van der Waals surface area contributed by atoms with Gasteiger partial charge in [-0.1, -0.05) is 12.1 Å². The van der Waals surface area contributed by atoms with Crippen molar-refractivity contribution in [3.05, 3.63) is 29.8 Å². The lowest BCUT2D eigenvalue weighted by atomic mass is 9.97. The van der Waals surface area contributed by atoms with Gasteiger partial charge in [-0.25, -0.2) is 0 Å². The molecule has 1 aromatic rings. The van der Waals surface area contributed by atoms with Crippen LogP contribution in [0.3, 0.4) is 0 Å². The molecule has 1 aromatic carbocycles. The van der Waals surface area contributed by atoms with Crippen molar-refractivity contribution in [2.75, 3.05) is 25.0 Å². The van der Waals surface area contributed by atoms with E-state index in [2.05, 4.69) is 15.5 Å². The van der Waals surface area contributed by atoms with Crippen LogP contribution in [-0.4, -0.2) is 42.4 Å². The van der Waals surface area contributed by atoms with E-state index in [1.54, 1.807) is 0 Å². The minimum Gasteiger partial charge on any atom is -0.369 e. The van der Waals surface area contributed by atoms with E-state index >= 15 is 0 Å². The van der Waals surface area contributed by atoms with Crippen LogP contribution >= 0.6 is 24.8 Å². The number of nitrogens with zero attached hydrogens (tertiary/aromatic N) is 1. The van der Waals surface area contributed by atoms with E-state index in [1.165, 1.54) is 5.56 Å². The molecular formula is C19H30Cl2N4O2. The second-order valence-corrected chi connectivity index (χ2v) is 7.22. The van der Waals surface area contributed by atoms with E-state index in [-0.39, 0.29) is 42.5 Å². The van der Waals surface area contributed by atoms with Crippen LogP contribution in [0.5, 0.6) is 0 Å². The molecule has 2 atom stereocenters. The maximum absolute atomic E-state index is 12.1. The number of nitrogens with one attached hydrogen (secondary N) is 2. The molecule has 2 saturated heterocycles. The SMILES string of the molecule is Cl.Cl.NC(=O)C1CCCN(Cc2ccc(NC(=O)CC3CCCN3)cc2)C1. The number of amides is 2. The Morgan fingerprint density at radius 3 is 2.52 bits per heavy atom. The summed E-state index contributed by atoms with van der Waals surface area (Å²) in [5, 5.41) is 6.31. The van der Waals surface area contributed by atoms with Crippen LogP contribution in [0.1, 0.15) is 37.7 Å². The van der Waals surface area contributed by atoms with E-state index in [1.807, 2.05) is 24.3 Å². The summed E-state index contributed by atoms with van der Waals surface area (Å²) in [5.41, 5.74) is 7.45. The first-order valence-electron chi connectivity index (χ1n) is 9.24. The summed E-state index contributed by atoms with van der Waals surface area (Å²) < 4.78 is 0. The molecule has 2 unspecified atom stereocenters. The number of hydrogen-bond donors (Lipinski definition) is 3. The van der Waals surface area contributed by atoms with Crippen LogP contribution in [-0.2, 0) is 16.1 Å². The highest BCUT2D eigenvalue weighted by Gasteiger charge is 2.23. The molecule has 3 rings (SSSR count). The lowest BCUT2D eigenvalue weighted by Crippen LogP contribution is -2.40. The van der Waals surface area contributed by atoms with E-state index < -0.39 is 0 Å². The number of anilines is 1. The molecule has 0 bridgehead atoms. The average Bonchev–Trinajstić information content (AvgIpc) is 3.10. The monoisotopic (exact) mass is 416 g/mol. The summed E-state index contributed by atoms with van der Waals surface area (Å²) in [4.78, 5) is 25.7. The van der Waals surface area contributed by atoms with Gasteiger partial charge in [0, 0.05) is 31.2 Å². The fourth-order valence-corrected chi connectivity index (χ4v) is 3.75. The molecule has 0 spiro atoms. The second kappa shape index (κ2) is 11.5. The smallest absolute Gasteiger partial charge is 0.225 e. The topological polar surface area (TPSA) is 87.5 Å². The minimum atomic E-state index is -0.195. The Morgan fingerprint density at radius 2 is 1.89 bits per heavy atom. The van der Waals surface area contributed by atoms with E-state index in [4.69, 9.17) is 5.73 Å². The number of benzene rings is 1. The van der Waals surface area contributed by atoms with E-state index in [0.717, 1.165) is 57.5 Å². The molecule has 2 fully saturated rings. The van der Waals surface area contributed by atoms with Gasteiger partial charge in [0.1, 0.15) is 0 Å². The van der Waals surface area contributed by atoms with E-state index in [9.17, 15) is 9.59 Å².